The number of allylic oxidation sites excluding steroid dienone is 4. The summed E-state index contributed by atoms with van der Waals surface area (Å²) in [6.45, 7) is 6.49. The van der Waals surface area contributed by atoms with Gasteiger partial charge in [0.05, 0.1) is 0 Å². The van der Waals surface area contributed by atoms with Gasteiger partial charge in [-0.1, -0.05) is 23.3 Å². The fourth-order valence-corrected chi connectivity index (χ4v) is 1.56. The van der Waals surface area contributed by atoms with Gasteiger partial charge in [-0.15, -0.1) is 0 Å². The molecule has 4 heteroatoms. The summed E-state index contributed by atoms with van der Waals surface area (Å²) >= 11 is 0. The molecule has 0 aromatic carbocycles. The van der Waals surface area contributed by atoms with E-state index in [1.807, 2.05) is 13.0 Å². The van der Waals surface area contributed by atoms with Gasteiger partial charge in [-0.2, -0.15) is 0 Å². The molecule has 1 aromatic rings. The largest absolute Gasteiger partial charge is 0.328 e. The second-order valence-corrected chi connectivity index (χ2v) is 4.60. The van der Waals surface area contributed by atoms with Crippen molar-refractivity contribution in [2.24, 2.45) is 0 Å². The first-order valence-electron chi connectivity index (χ1n) is 6.08. The maximum atomic E-state index is 11.5. The van der Waals surface area contributed by atoms with E-state index in [9.17, 15) is 9.59 Å². The Balaban J connectivity index is 2.66. The Kier molecular flexibility index (Phi) is 5.36. The van der Waals surface area contributed by atoms with Crippen LogP contribution in [-0.2, 0) is 6.54 Å². The van der Waals surface area contributed by atoms with E-state index in [1.165, 1.54) is 28.0 Å². The maximum Gasteiger partial charge on any atom is 0.328 e. The minimum atomic E-state index is -0.365. The second-order valence-electron chi connectivity index (χ2n) is 4.60. The molecule has 0 atom stereocenters. The van der Waals surface area contributed by atoms with Gasteiger partial charge in [-0.05, 0) is 33.6 Å². The summed E-state index contributed by atoms with van der Waals surface area (Å²) in [6, 6.07) is 1.35. The summed E-state index contributed by atoms with van der Waals surface area (Å²) in [4.78, 5) is 25.4. The van der Waals surface area contributed by atoms with Crippen molar-refractivity contribution in [1.29, 1.82) is 0 Å². The molecule has 0 saturated carbocycles. The zero-order valence-corrected chi connectivity index (χ0v) is 11.2. The lowest BCUT2D eigenvalue weighted by atomic mass is 10.1. The predicted octanol–water partition coefficient (Wildman–Crippen LogP) is 2.23. The van der Waals surface area contributed by atoms with Crippen LogP contribution in [0.15, 0.2) is 45.2 Å². The van der Waals surface area contributed by atoms with Gasteiger partial charge in [0.25, 0.3) is 5.56 Å². The number of hydrogen-bond acceptors (Lipinski definition) is 2. The molecule has 0 aliphatic heterocycles. The summed E-state index contributed by atoms with van der Waals surface area (Å²) in [6.07, 6.45) is 7.41. The molecule has 98 valence electrons. The zero-order valence-electron chi connectivity index (χ0n) is 11.2. The fraction of sp³-hybridized carbons (Fsp3) is 0.429. The van der Waals surface area contributed by atoms with Crippen LogP contribution in [0.25, 0.3) is 0 Å². The molecule has 1 N–H and O–H groups in total. The van der Waals surface area contributed by atoms with Crippen LogP contribution in [0.2, 0.25) is 0 Å². The molecule has 0 fully saturated rings. The van der Waals surface area contributed by atoms with Crippen LogP contribution in [-0.4, -0.2) is 9.55 Å². The molecule has 0 saturated heterocycles. The van der Waals surface area contributed by atoms with Gasteiger partial charge >= 0.3 is 5.69 Å². The first-order valence-corrected chi connectivity index (χ1v) is 6.08. The Labute approximate surface area is 107 Å². The van der Waals surface area contributed by atoms with Crippen LogP contribution in [0.1, 0.15) is 33.6 Å². The van der Waals surface area contributed by atoms with Crippen LogP contribution < -0.4 is 11.2 Å². The lowest BCUT2D eigenvalue weighted by Crippen LogP contribution is -2.33. The molecule has 0 amide bonds. The van der Waals surface area contributed by atoms with Crippen molar-refractivity contribution < 1.29 is 0 Å². The molecule has 0 bridgehead atoms. The van der Waals surface area contributed by atoms with Gasteiger partial charge in [0, 0.05) is 18.8 Å². The van der Waals surface area contributed by atoms with Crippen molar-refractivity contribution in [1.82, 2.24) is 9.55 Å². The van der Waals surface area contributed by atoms with E-state index in [0.29, 0.717) is 6.54 Å². The summed E-state index contributed by atoms with van der Waals surface area (Å²) < 4.78 is 1.18. The minimum Gasteiger partial charge on any atom is -0.314 e. The van der Waals surface area contributed by atoms with E-state index in [2.05, 4.69) is 24.9 Å². The molecule has 0 aliphatic carbocycles. The van der Waals surface area contributed by atoms with Crippen molar-refractivity contribution in [2.75, 3.05) is 0 Å². The fourth-order valence-electron chi connectivity index (χ4n) is 1.56. The summed E-state index contributed by atoms with van der Waals surface area (Å²) in [5, 5.41) is 0. The summed E-state index contributed by atoms with van der Waals surface area (Å²) in [5.41, 5.74) is 1.85. The highest BCUT2D eigenvalue weighted by Crippen LogP contribution is 2.06. The third-order valence-corrected chi connectivity index (χ3v) is 2.66. The number of aromatic nitrogens is 2. The number of nitrogens with one attached hydrogen (secondary N) is 1. The average molecular weight is 248 g/mol. The third kappa shape index (κ3) is 4.57. The van der Waals surface area contributed by atoms with Crippen molar-refractivity contribution in [3.8, 4) is 0 Å². The SMILES string of the molecule is CC(C)=CCC/C(C)=C/Cn1c(=O)cc[nH]c1=O. The molecular weight excluding hydrogens is 228 g/mol. The van der Waals surface area contributed by atoms with Crippen molar-refractivity contribution in [2.45, 2.75) is 40.2 Å². The number of H-pyrrole nitrogens is 1. The molecule has 0 unspecified atom stereocenters. The smallest absolute Gasteiger partial charge is 0.314 e. The first-order chi connectivity index (χ1) is 8.50. The van der Waals surface area contributed by atoms with E-state index >= 15 is 0 Å². The monoisotopic (exact) mass is 248 g/mol. The third-order valence-electron chi connectivity index (χ3n) is 2.66. The van der Waals surface area contributed by atoms with E-state index in [4.69, 9.17) is 0 Å². The molecule has 0 aliphatic rings. The normalized spacial score (nSPS) is 11.4. The first kappa shape index (κ1) is 14.2. The molecule has 1 rings (SSSR count). The summed E-state index contributed by atoms with van der Waals surface area (Å²) in [7, 11) is 0. The van der Waals surface area contributed by atoms with Gasteiger partial charge < -0.3 is 4.98 Å². The van der Waals surface area contributed by atoms with Crippen molar-refractivity contribution >= 4 is 0 Å². The molecule has 4 nitrogen and oxygen atoms in total. The van der Waals surface area contributed by atoms with Crippen LogP contribution in [0.4, 0.5) is 0 Å². The number of hydrogen-bond donors (Lipinski definition) is 1. The Morgan fingerprint density at radius 2 is 2.00 bits per heavy atom. The van der Waals surface area contributed by atoms with E-state index in [-0.39, 0.29) is 11.2 Å². The van der Waals surface area contributed by atoms with Crippen LogP contribution in [0.5, 0.6) is 0 Å². The zero-order chi connectivity index (χ0) is 13.5. The molecule has 0 radical (unpaired) electrons. The van der Waals surface area contributed by atoms with Gasteiger partial charge in [0.2, 0.25) is 0 Å². The average Bonchev–Trinajstić information content (AvgIpc) is 2.27. The number of nitrogens with zero attached hydrogens (tertiary/aromatic N) is 1. The van der Waals surface area contributed by atoms with Crippen LogP contribution in [0.3, 0.4) is 0 Å². The molecule has 1 aromatic heterocycles. The highest BCUT2D eigenvalue weighted by atomic mass is 16.2. The van der Waals surface area contributed by atoms with E-state index in [0.717, 1.165) is 12.8 Å². The quantitative estimate of drug-likeness (QED) is 0.812. The maximum absolute atomic E-state index is 11.5. The standard InChI is InChI=1S/C14H20N2O2/c1-11(2)5-4-6-12(3)8-10-16-13(17)7-9-15-14(16)18/h5,7-9H,4,6,10H2,1-3H3,(H,15,18)/b12-8+. The van der Waals surface area contributed by atoms with Gasteiger partial charge in [-0.3, -0.25) is 9.36 Å². The number of aromatic amines is 1. The molecule has 1 heterocycles. The van der Waals surface area contributed by atoms with Gasteiger partial charge in [0.15, 0.2) is 0 Å². The molecule has 0 spiro atoms. The lowest BCUT2D eigenvalue weighted by molar-refractivity contribution is 0.707. The predicted molar refractivity (Wildman–Crippen MR) is 73.7 cm³/mol. The highest BCUT2D eigenvalue weighted by molar-refractivity contribution is 5.02. The Bertz CT molecular complexity index is 529. The minimum absolute atomic E-state index is 0.271. The van der Waals surface area contributed by atoms with E-state index < -0.39 is 0 Å². The lowest BCUT2D eigenvalue weighted by Gasteiger charge is -2.02. The van der Waals surface area contributed by atoms with Gasteiger partial charge in [-0.25, -0.2) is 4.79 Å². The van der Waals surface area contributed by atoms with Crippen molar-refractivity contribution in [3.63, 3.8) is 0 Å². The number of rotatable bonds is 5. The Hall–Kier alpha value is -1.84. The molecule has 18 heavy (non-hydrogen) atoms. The van der Waals surface area contributed by atoms with Crippen LogP contribution >= 0.6 is 0 Å². The Morgan fingerprint density at radius 1 is 1.28 bits per heavy atom. The van der Waals surface area contributed by atoms with Crippen LogP contribution in [0, 0.1) is 0 Å². The van der Waals surface area contributed by atoms with Crippen molar-refractivity contribution in [3.05, 3.63) is 56.4 Å². The highest BCUT2D eigenvalue weighted by Gasteiger charge is 1.97. The summed E-state index contributed by atoms with van der Waals surface area (Å²) in [5.74, 6) is 0. The second kappa shape index (κ2) is 6.79. The Morgan fingerprint density at radius 3 is 2.61 bits per heavy atom. The van der Waals surface area contributed by atoms with Gasteiger partial charge in [0.1, 0.15) is 0 Å². The molecular formula is C14H20N2O2. The topological polar surface area (TPSA) is 54.9 Å². The van der Waals surface area contributed by atoms with E-state index in [1.54, 1.807) is 0 Å².